The summed E-state index contributed by atoms with van der Waals surface area (Å²) in [4.78, 5) is 26.0. The zero-order chi connectivity index (χ0) is 11.3. The predicted molar refractivity (Wildman–Crippen MR) is 55.3 cm³/mol. The molecule has 1 heterocycles. The molecule has 0 aliphatic carbocycles. The van der Waals surface area contributed by atoms with Crippen LogP contribution in [0.4, 0.5) is 0 Å². The molecule has 0 N–H and O–H groups in total. The summed E-state index contributed by atoms with van der Waals surface area (Å²) in [5.41, 5.74) is 0. The molecule has 0 unspecified atom stereocenters. The fourth-order valence-electron chi connectivity index (χ4n) is 1.41. The van der Waals surface area contributed by atoms with Crippen LogP contribution < -0.4 is 0 Å². The van der Waals surface area contributed by atoms with Crippen LogP contribution in [-0.2, 0) is 14.3 Å². The van der Waals surface area contributed by atoms with Crippen LogP contribution in [0, 0.1) is 0 Å². The van der Waals surface area contributed by atoms with E-state index in [4.69, 9.17) is 4.74 Å². The van der Waals surface area contributed by atoms with Crippen LogP contribution in [0.5, 0.6) is 0 Å². The third-order valence-electron chi connectivity index (χ3n) is 2.29. The molecule has 86 valence electrons. The molecule has 0 aromatic heterocycles. The third kappa shape index (κ3) is 4.29. The lowest BCUT2D eigenvalue weighted by atomic mass is 10.4. The first-order chi connectivity index (χ1) is 7.09. The van der Waals surface area contributed by atoms with Crippen molar-refractivity contribution in [3.05, 3.63) is 0 Å². The summed E-state index contributed by atoms with van der Waals surface area (Å²) in [6.07, 6.45) is 1.41. The largest absolute Gasteiger partial charge is 0.463 e. The Morgan fingerprint density at radius 1 is 1.53 bits per heavy atom. The molecule has 5 heteroatoms. The number of hydrogen-bond acceptors (Lipinski definition) is 4. The quantitative estimate of drug-likeness (QED) is 0.590. The van der Waals surface area contributed by atoms with E-state index >= 15 is 0 Å². The maximum atomic E-state index is 11.3. The van der Waals surface area contributed by atoms with Gasteiger partial charge in [0.2, 0.25) is 5.91 Å². The van der Waals surface area contributed by atoms with Gasteiger partial charge in [0.1, 0.15) is 13.2 Å². The Balaban J connectivity index is 2.15. The fraction of sp³-hybridized carbons (Fsp3) is 0.800. The molecular formula is C10H18N2O3. The zero-order valence-corrected chi connectivity index (χ0v) is 9.36. The Morgan fingerprint density at radius 3 is 2.80 bits per heavy atom. The molecule has 1 saturated heterocycles. The molecule has 0 atom stereocenters. The summed E-state index contributed by atoms with van der Waals surface area (Å²) in [5.74, 6) is -0.258. The van der Waals surface area contributed by atoms with E-state index in [0.717, 1.165) is 6.42 Å². The summed E-state index contributed by atoms with van der Waals surface area (Å²) in [5, 5.41) is 0. The number of hydrogen-bond donors (Lipinski definition) is 0. The first kappa shape index (κ1) is 12.0. The van der Waals surface area contributed by atoms with E-state index in [-0.39, 0.29) is 18.4 Å². The van der Waals surface area contributed by atoms with E-state index in [1.54, 1.807) is 4.90 Å². The highest BCUT2D eigenvalue weighted by atomic mass is 16.5. The SMILES string of the molecule is CN(C)CCOC(=O)CN1CCCC1=O. The Kier molecular flexibility index (Phi) is 4.55. The molecule has 1 rings (SSSR count). The van der Waals surface area contributed by atoms with Gasteiger partial charge in [-0.2, -0.15) is 0 Å². The van der Waals surface area contributed by atoms with Crippen LogP contribution in [0.3, 0.4) is 0 Å². The Bertz CT molecular complexity index is 241. The molecule has 0 aromatic carbocycles. The van der Waals surface area contributed by atoms with Gasteiger partial charge >= 0.3 is 5.97 Å². The van der Waals surface area contributed by atoms with E-state index in [9.17, 15) is 9.59 Å². The summed E-state index contributed by atoms with van der Waals surface area (Å²) in [7, 11) is 3.83. The second-order valence-corrected chi connectivity index (χ2v) is 3.94. The first-order valence-electron chi connectivity index (χ1n) is 5.17. The normalized spacial score (nSPS) is 16.2. The van der Waals surface area contributed by atoms with Gasteiger partial charge in [-0.15, -0.1) is 0 Å². The van der Waals surface area contributed by atoms with Crippen molar-refractivity contribution >= 4 is 11.9 Å². The van der Waals surface area contributed by atoms with Gasteiger partial charge in [-0.3, -0.25) is 9.59 Å². The Morgan fingerprint density at radius 2 is 2.27 bits per heavy atom. The van der Waals surface area contributed by atoms with Crippen molar-refractivity contribution in [3.63, 3.8) is 0 Å². The Labute approximate surface area is 90.0 Å². The van der Waals surface area contributed by atoms with Gasteiger partial charge in [0.25, 0.3) is 0 Å². The van der Waals surface area contributed by atoms with Crippen LogP contribution in [-0.4, -0.2) is 62.0 Å². The maximum Gasteiger partial charge on any atom is 0.325 e. The van der Waals surface area contributed by atoms with Crippen molar-refractivity contribution in [2.75, 3.05) is 40.3 Å². The molecule has 0 bridgehead atoms. The van der Waals surface area contributed by atoms with Crippen molar-refractivity contribution in [3.8, 4) is 0 Å². The van der Waals surface area contributed by atoms with E-state index in [1.807, 2.05) is 19.0 Å². The number of likely N-dealkylation sites (tertiary alicyclic amines) is 1. The smallest absolute Gasteiger partial charge is 0.325 e. The number of carbonyl (C=O) groups excluding carboxylic acids is 2. The number of rotatable bonds is 5. The average molecular weight is 214 g/mol. The Hall–Kier alpha value is -1.10. The van der Waals surface area contributed by atoms with Gasteiger partial charge in [-0.1, -0.05) is 0 Å². The van der Waals surface area contributed by atoms with Gasteiger partial charge in [0.05, 0.1) is 0 Å². The van der Waals surface area contributed by atoms with Gasteiger partial charge in [0.15, 0.2) is 0 Å². The summed E-state index contributed by atoms with van der Waals surface area (Å²) in [6, 6.07) is 0. The average Bonchev–Trinajstić information content (AvgIpc) is 2.51. The van der Waals surface area contributed by atoms with E-state index in [0.29, 0.717) is 26.1 Å². The monoisotopic (exact) mass is 214 g/mol. The lowest BCUT2D eigenvalue weighted by molar-refractivity contribution is -0.148. The van der Waals surface area contributed by atoms with E-state index in [2.05, 4.69) is 0 Å². The van der Waals surface area contributed by atoms with Gasteiger partial charge in [0, 0.05) is 19.5 Å². The van der Waals surface area contributed by atoms with Crippen molar-refractivity contribution in [2.24, 2.45) is 0 Å². The second kappa shape index (κ2) is 5.70. The summed E-state index contributed by atoms with van der Waals surface area (Å²) >= 11 is 0. The number of esters is 1. The molecule has 0 aromatic rings. The maximum absolute atomic E-state index is 11.3. The lowest BCUT2D eigenvalue weighted by Crippen LogP contribution is -2.32. The standard InChI is InChI=1S/C10H18N2O3/c1-11(2)6-7-15-10(14)8-12-5-3-4-9(12)13/h3-8H2,1-2H3. The summed E-state index contributed by atoms with van der Waals surface area (Å²) < 4.78 is 4.99. The highest BCUT2D eigenvalue weighted by Gasteiger charge is 2.22. The number of nitrogens with zero attached hydrogens (tertiary/aromatic N) is 2. The van der Waals surface area contributed by atoms with Crippen molar-refractivity contribution in [1.29, 1.82) is 0 Å². The first-order valence-corrected chi connectivity index (χ1v) is 5.17. The molecule has 0 saturated carbocycles. The van der Waals surface area contributed by atoms with Crippen LogP contribution in [0.15, 0.2) is 0 Å². The molecule has 1 aliphatic rings. The molecule has 5 nitrogen and oxygen atoms in total. The van der Waals surface area contributed by atoms with Gasteiger partial charge < -0.3 is 14.5 Å². The fourth-order valence-corrected chi connectivity index (χ4v) is 1.41. The number of carbonyl (C=O) groups is 2. The van der Waals surface area contributed by atoms with E-state index < -0.39 is 0 Å². The van der Waals surface area contributed by atoms with E-state index in [1.165, 1.54) is 0 Å². The molecule has 0 spiro atoms. The van der Waals surface area contributed by atoms with Crippen LogP contribution in [0.1, 0.15) is 12.8 Å². The number of likely N-dealkylation sites (N-methyl/N-ethyl adjacent to an activating group) is 1. The molecule has 1 fully saturated rings. The molecule has 0 radical (unpaired) electrons. The minimum absolute atomic E-state index is 0.0551. The highest BCUT2D eigenvalue weighted by molar-refractivity contribution is 5.83. The van der Waals surface area contributed by atoms with Crippen molar-refractivity contribution in [1.82, 2.24) is 9.80 Å². The molecular weight excluding hydrogens is 196 g/mol. The summed E-state index contributed by atoms with van der Waals surface area (Å²) in [6.45, 7) is 1.88. The van der Waals surface area contributed by atoms with Gasteiger partial charge in [-0.25, -0.2) is 0 Å². The number of amides is 1. The topological polar surface area (TPSA) is 49.9 Å². The molecule has 1 amide bonds. The minimum atomic E-state index is -0.313. The third-order valence-corrected chi connectivity index (χ3v) is 2.29. The van der Waals surface area contributed by atoms with Crippen molar-refractivity contribution < 1.29 is 14.3 Å². The van der Waals surface area contributed by atoms with Gasteiger partial charge in [-0.05, 0) is 20.5 Å². The van der Waals surface area contributed by atoms with Crippen LogP contribution in [0.2, 0.25) is 0 Å². The van der Waals surface area contributed by atoms with Crippen molar-refractivity contribution in [2.45, 2.75) is 12.8 Å². The molecule has 15 heavy (non-hydrogen) atoms. The number of ether oxygens (including phenoxy) is 1. The predicted octanol–water partition coefficient (Wildman–Crippen LogP) is -0.286. The minimum Gasteiger partial charge on any atom is -0.463 e. The second-order valence-electron chi connectivity index (χ2n) is 3.94. The molecule has 1 aliphatic heterocycles. The highest BCUT2D eigenvalue weighted by Crippen LogP contribution is 2.08. The zero-order valence-electron chi connectivity index (χ0n) is 9.36. The van der Waals surface area contributed by atoms with Crippen LogP contribution >= 0.6 is 0 Å². The lowest BCUT2D eigenvalue weighted by Gasteiger charge is -2.15. The van der Waals surface area contributed by atoms with Crippen LogP contribution in [0.25, 0.3) is 0 Å².